The fourth-order valence-electron chi connectivity index (χ4n) is 3.28. The Hall–Kier alpha value is -3.44. The minimum atomic E-state index is -1.62. The number of carbonyl (C=O) groups excluding carboxylic acids is 1. The molecule has 0 saturated heterocycles. The molecule has 3 aromatic carbocycles. The van der Waals surface area contributed by atoms with E-state index in [1.54, 1.807) is 0 Å². The molecule has 1 atom stereocenters. The van der Waals surface area contributed by atoms with Crippen molar-refractivity contribution in [2.75, 3.05) is 14.2 Å². The van der Waals surface area contributed by atoms with E-state index in [1.807, 2.05) is 84.7 Å². The largest absolute Gasteiger partial charge is 0.483 e. The van der Waals surface area contributed by atoms with E-state index >= 15 is 0 Å². The lowest BCUT2D eigenvalue weighted by Crippen LogP contribution is -2.08. The van der Waals surface area contributed by atoms with E-state index in [9.17, 15) is 4.79 Å². The van der Waals surface area contributed by atoms with E-state index in [-0.39, 0.29) is 11.9 Å². The third-order valence-corrected chi connectivity index (χ3v) is 6.35. The molecule has 0 aliphatic rings. The van der Waals surface area contributed by atoms with Gasteiger partial charge in [0.25, 0.3) is 0 Å². The summed E-state index contributed by atoms with van der Waals surface area (Å²) in [7, 11) is 1.10. The number of hydrogen-bond acceptors (Lipinski definition) is 6. The molecule has 0 fully saturated rings. The fourth-order valence-corrected chi connectivity index (χ4v) is 4.85. The van der Waals surface area contributed by atoms with Crippen LogP contribution in [0.25, 0.3) is 10.8 Å². The van der Waals surface area contributed by atoms with Crippen LogP contribution in [0.2, 0.25) is 0 Å². The first kappa shape index (κ1) is 21.8. The highest BCUT2D eigenvalue weighted by molar-refractivity contribution is 7.46. The van der Waals surface area contributed by atoms with Crippen LogP contribution >= 0.6 is 7.76 Å². The molecule has 162 valence electrons. The number of methoxy groups -OCH3 is 1. The van der Waals surface area contributed by atoms with E-state index < -0.39 is 13.7 Å². The van der Waals surface area contributed by atoms with Crippen LogP contribution in [0, 0.1) is 0 Å². The van der Waals surface area contributed by atoms with Crippen LogP contribution in [0.5, 0.6) is 17.2 Å². The number of hydrogen-bond donors (Lipinski definition) is 0. The first-order chi connectivity index (χ1) is 15.7. The Morgan fingerprint density at radius 1 is 0.844 bits per heavy atom. The van der Waals surface area contributed by atoms with E-state index in [0.717, 1.165) is 10.9 Å². The van der Waals surface area contributed by atoms with Gasteiger partial charge in [-0.1, -0.05) is 60.7 Å². The summed E-state index contributed by atoms with van der Waals surface area (Å²) in [5, 5.41) is 1.76. The molecule has 32 heavy (non-hydrogen) atoms. The summed E-state index contributed by atoms with van der Waals surface area (Å²) in [5.41, 5.74) is 0.967. The number of rotatable bonds is 8. The second kappa shape index (κ2) is 10.2. The molecule has 0 bridgehead atoms. The molecule has 1 heterocycles. The number of fused-ring (bicyclic) bond motifs is 1. The standard InChI is InChI=1S/C25H22O6P/c1-27-25(26)24-23(29-16-18-10-5-3-6-11-18)20-14-9-15-22(21(20)17-32(24)31-28-2)30-19-12-7-4-8-13-19/h3-15,17H,16H2,1-2H3/q+1. The van der Waals surface area contributed by atoms with Crippen LogP contribution in [0.1, 0.15) is 15.7 Å². The summed E-state index contributed by atoms with van der Waals surface area (Å²) in [6, 6.07) is 24.8. The van der Waals surface area contributed by atoms with Gasteiger partial charge >= 0.3 is 19.0 Å². The zero-order valence-electron chi connectivity index (χ0n) is 17.7. The molecule has 1 unspecified atom stereocenters. The highest BCUT2D eigenvalue weighted by atomic mass is 31.1. The topological polar surface area (TPSA) is 63.2 Å². The van der Waals surface area contributed by atoms with Crippen molar-refractivity contribution in [3.05, 3.63) is 95.5 Å². The average molecular weight is 449 g/mol. The second-order valence-electron chi connectivity index (χ2n) is 6.77. The summed E-state index contributed by atoms with van der Waals surface area (Å²) in [4.78, 5) is 17.7. The molecule has 4 aromatic rings. The van der Waals surface area contributed by atoms with Gasteiger partial charge in [-0.25, -0.2) is 4.79 Å². The van der Waals surface area contributed by atoms with Crippen LogP contribution in [0.15, 0.2) is 84.7 Å². The molecule has 0 N–H and O–H groups in total. The maximum atomic E-state index is 12.7. The molecule has 6 nitrogen and oxygen atoms in total. The Balaban J connectivity index is 1.87. The van der Waals surface area contributed by atoms with Gasteiger partial charge in [0.2, 0.25) is 0 Å². The van der Waals surface area contributed by atoms with Crippen molar-refractivity contribution < 1.29 is 28.6 Å². The maximum Gasteiger partial charge on any atom is 0.388 e. The molecule has 0 spiro atoms. The van der Waals surface area contributed by atoms with Crippen molar-refractivity contribution in [3.8, 4) is 17.2 Å². The minimum Gasteiger partial charge on any atom is -0.483 e. The van der Waals surface area contributed by atoms with Crippen LogP contribution in [0.4, 0.5) is 0 Å². The summed E-state index contributed by atoms with van der Waals surface area (Å²) in [6.07, 6.45) is 0. The van der Waals surface area contributed by atoms with Crippen molar-refractivity contribution in [1.29, 1.82) is 0 Å². The molecular formula is C25H22O6P+. The summed E-state index contributed by atoms with van der Waals surface area (Å²) in [5.74, 6) is 2.99. The maximum absolute atomic E-state index is 12.7. The lowest BCUT2D eigenvalue weighted by molar-refractivity contribution is -0.126. The molecule has 1 aromatic heterocycles. The molecule has 0 saturated carbocycles. The quantitative estimate of drug-likeness (QED) is 0.180. The first-order valence-electron chi connectivity index (χ1n) is 9.91. The Morgan fingerprint density at radius 2 is 1.56 bits per heavy atom. The summed E-state index contributed by atoms with van der Waals surface area (Å²) >= 11 is 0. The molecule has 0 amide bonds. The Morgan fingerprint density at radius 3 is 2.25 bits per heavy atom. The number of benzene rings is 3. The van der Waals surface area contributed by atoms with E-state index in [2.05, 4.69) is 0 Å². The Bertz CT molecular complexity index is 1210. The summed E-state index contributed by atoms with van der Waals surface area (Å²) in [6.45, 7) is 0.274. The zero-order valence-corrected chi connectivity index (χ0v) is 18.6. The van der Waals surface area contributed by atoms with Gasteiger partial charge < -0.3 is 14.2 Å². The number of esters is 1. The van der Waals surface area contributed by atoms with E-state index in [0.29, 0.717) is 22.6 Å². The van der Waals surface area contributed by atoms with Gasteiger partial charge in [0.05, 0.1) is 19.6 Å². The van der Waals surface area contributed by atoms with Crippen molar-refractivity contribution in [1.82, 2.24) is 0 Å². The van der Waals surface area contributed by atoms with Crippen LogP contribution in [-0.2, 0) is 16.2 Å². The molecule has 0 aliphatic heterocycles. The monoisotopic (exact) mass is 449 g/mol. The van der Waals surface area contributed by atoms with Crippen LogP contribution in [-0.4, -0.2) is 20.2 Å². The van der Waals surface area contributed by atoms with Gasteiger partial charge in [0.15, 0.2) is 11.5 Å². The highest BCUT2D eigenvalue weighted by Gasteiger charge is 2.35. The minimum absolute atomic E-state index is 0.274. The Labute approximate surface area is 187 Å². The van der Waals surface area contributed by atoms with Crippen molar-refractivity contribution in [3.63, 3.8) is 0 Å². The van der Waals surface area contributed by atoms with Gasteiger partial charge in [0.1, 0.15) is 18.1 Å². The third kappa shape index (κ3) is 4.73. The zero-order chi connectivity index (χ0) is 22.3. The highest BCUT2D eigenvalue weighted by Crippen LogP contribution is 2.47. The third-order valence-electron chi connectivity index (χ3n) is 4.72. The normalized spacial score (nSPS) is 11.2. The van der Waals surface area contributed by atoms with Gasteiger partial charge in [-0.2, -0.15) is 4.89 Å². The van der Waals surface area contributed by atoms with Gasteiger partial charge in [-0.05, 0) is 28.4 Å². The second-order valence-corrected chi connectivity index (χ2v) is 8.28. The lowest BCUT2D eigenvalue weighted by Gasteiger charge is -2.13. The van der Waals surface area contributed by atoms with Crippen LogP contribution in [0.3, 0.4) is 0 Å². The average Bonchev–Trinajstić information content (AvgIpc) is 2.84. The summed E-state index contributed by atoms with van der Waals surface area (Å²) < 4.78 is 22.8. The molecule has 4 rings (SSSR count). The van der Waals surface area contributed by atoms with Crippen molar-refractivity contribution in [2.45, 2.75) is 6.61 Å². The molecule has 7 heteroatoms. The van der Waals surface area contributed by atoms with Gasteiger partial charge in [-0.3, -0.25) is 0 Å². The van der Waals surface area contributed by atoms with Crippen LogP contribution < -0.4 is 14.1 Å². The first-order valence-corrected chi connectivity index (χ1v) is 11.2. The van der Waals surface area contributed by atoms with Crippen molar-refractivity contribution in [2.24, 2.45) is 0 Å². The Kier molecular flexibility index (Phi) is 6.97. The lowest BCUT2D eigenvalue weighted by atomic mass is 10.1. The van der Waals surface area contributed by atoms with E-state index in [1.165, 1.54) is 14.2 Å². The number of para-hydroxylation sites is 1. The van der Waals surface area contributed by atoms with Gasteiger partial charge in [0, 0.05) is 5.39 Å². The SMILES string of the molecule is COO[p+]1cc2c(Oc3ccccc3)cccc2c(OCc2ccccc2)c1C(=O)OC. The number of carbonyl (C=O) groups is 1. The number of ether oxygens (including phenoxy) is 3. The molecular weight excluding hydrogens is 427 g/mol. The predicted molar refractivity (Wildman–Crippen MR) is 123 cm³/mol. The van der Waals surface area contributed by atoms with Crippen molar-refractivity contribution >= 4 is 24.5 Å². The fraction of sp³-hybridized carbons (Fsp3) is 0.120. The van der Waals surface area contributed by atoms with E-state index in [4.69, 9.17) is 23.8 Å². The van der Waals surface area contributed by atoms with Gasteiger partial charge in [-0.15, -0.1) is 0 Å². The predicted octanol–water partition coefficient (Wildman–Crippen LogP) is 6.26. The molecule has 0 radical (unpaired) electrons. The smallest absolute Gasteiger partial charge is 0.388 e. The molecule has 0 aliphatic carbocycles.